The summed E-state index contributed by atoms with van der Waals surface area (Å²) in [5.41, 5.74) is 1.79. The van der Waals surface area contributed by atoms with Crippen molar-refractivity contribution in [3.8, 4) is 0 Å². The van der Waals surface area contributed by atoms with Crippen molar-refractivity contribution in [2.24, 2.45) is 5.92 Å². The molecule has 4 rings (SSSR count). The van der Waals surface area contributed by atoms with E-state index < -0.39 is 5.82 Å². The van der Waals surface area contributed by atoms with Crippen molar-refractivity contribution in [1.29, 1.82) is 0 Å². The van der Waals surface area contributed by atoms with E-state index in [9.17, 15) is 9.18 Å². The zero-order valence-electron chi connectivity index (χ0n) is 16.7. The molecule has 1 aromatic carbocycles. The van der Waals surface area contributed by atoms with E-state index in [4.69, 9.17) is 16.3 Å². The van der Waals surface area contributed by atoms with Gasteiger partial charge in [0.05, 0.1) is 30.1 Å². The van der Waals surface area contributed by atoms with Gasteiger partial charge < -0.3 is 19.9 Å². The van der Waals surface area contributed by atoms with Gasteiger partial charge in [-0.3, -0.25) is 4.79 Å². The molecule has 9 heteroatoms. The quantitative estimate of drug-likeness (QED) is 0.781. The minimum absolute atomic E-state index is 0.0211. The number of rotatable bonds is 5. The van der Waals surface area contributed by atoms with Gasteiger partial charge in [-0.1, -0.05) is 17.7 Å². The van der Waals surface area contributed by atoms with Crippen LogP contribution in [0, 0.1) is 11.7 Å². The van der Waals surface area contributed by atoms with Crippen molar-refractivity contribution in [3.05, 3.63) is 47.1 Å². The Bertz CT molecular complexity index is 885. The Labute approximate surface area is 180 Å². The zero-order chi connectivity index (χ0) is 20.9. The molecule has 2 fully saturated rings. The number of halogens is 2. The number of hydrogen-bond acceptors (Lipinski definition) is 6. The van der Waals surface area contributed by atoms with Crippen molar-refractivity contribution in [1.82, 2.24) is 15.3 Å². The van der Waals surface area contributed by atoms with Crippen LogP contribution in [0.2, 0.25) is 5.02 Å². The number of nitrogens with zero attached hydrogens (tertiary/aromatic N) is 4. The minimum atomic E-state index is -0.458. The molecule has 1 aromatic heterocycles. The van der Waals surface area contributed by atoms with Crippen molar-refractivity contribution < 1.29 is 13.9 Å². The molecule has 30 heavy (non-hydrogen) atoms. The van der Waals surface area contributed by atoms with Gasteiger partial charge >= 0.3 is 0 Å². The van der Waals surface area contributed by atoms with E-state index in [-0.39, 0.29) is 16.8 Å². The van der Waals surface area contributed by atoms with Gasteiger partial charge in [-0.15, -0.1) is 0 Å². The standard InChI is InChI=1S/C21H25ClFN5O2/c22-17-11-15(1-2-18(17)23)12-25-21(29)16-3-5-27(6-4-16)19-13-24-14-26-20(19)28-7-9-30-10-8-28/h1-2,11,13-14,16H,3-10,12H2,(H,25,29). The van der Waals surface area contributed by atoms with Crippen LogP contribution in [0.4, 0.5) is 15.9 Å². The maximum atomic E-state index is 13.3. The van der Waals surface area contributed by atoms with Crippen LogP contribution in [0.5, 0.6) is 0 Å². The highest BCUT2D eigenvalue weighted by Gasteiger charge is 2.27. The van der Waals surface area contributed by atoms with Gasteiger partial charge in [-0.25, -0.2) is 14.4 Å². The highest BCUT2D eigenvalue weighted by molar-refractivity contribution is 6.30. The Morgan fingerprint density at radius 2 is 1.97 bits per heavy atom. The average Bonchev–Trinajstić information content (AvgIpc) is 2.80. The summed E-state index contributed by atoms with van der Waals surface area (Å²) < 4.78 is 18.7. The molecule has 2 aromatic rings. The number of benzene rings is 1. The summed E-state index contributed by atoms with van der Waals surface area (Å²) in [4.78, 5) is 25.8. The third-order valence-corrected chi connectivity index (χ3v) is 5.93. The first-order valence-corrected chi connectivity index (χ1v) is 10.6. The van der Waals surface area contributed by atoms with Gasteiger partial charge in [0.1, 0.15) is 12.1 Å². The van der Waals surface area contributed by atoms with E-state index in [1.807, 2.05) is 6.20 Å². The van der Waals surface area contributed by atoms with Crippen molar-refractivity contribution >= 4 is 29.0 Å². The van der Waals surface area contributed by atoms with E-state index in [0.717, 1.165) is 56.1 Å². The first-order chi connectivity index (χ1) is 14.6. The molecule has 3 heterocycles. The third kappa shape index (κ3) is 4.82. The van der Waals surface area contributed by atoms with Crippen LogP contribution in [-0.2, 0) is 16.1 Å². The second-order valence-corrected chi connectivity index (χ2v) is 7.97. The number of aromatic nitrogens is 2. The number of nitrogens with one attached hydrogen (secondary N) is 1. The molecule has 2 aliphatic rings. The van der Waals surface area contributed by atoms with Crippen LogP contribution in [-0.4, -0.2) is 55.3 Å². The van der Waals surface area contributed by atoms with Crippen LogP contribution < -0.4 is 15.1 Å². The van der Waals surface area contributed by atoms with Crippen LogP contribution >= 0.6 is 11.6 Å². The minimum Gasteiger partial charge on any atom is -0.378 e. The van der Waals surface area contributed by atoms with Crippen LogP contribution in [0.1, 0.15) is 18.4 Å². The Hall–Kier alpha value is -2.45. The highest BCUT2D eigenvalue weighted by atomic mass is 35.5. The van der Waals surface area contributed by atoms with Gasteiger partial charge in [0.15, 0.2) is 5.82 Å². The molecule has 0 atom stereocenters. The lowest BCUT2D eigenvalue weighted by atomic mass is 9.95. The average molecular weight is 434 g/mol. The summed E-state index contributed by atoms with van der Waals surface area (Å²) in [5, 5.41) is 3.01. The van der Waals surface area contributed by atoms with Gasteiger partial charge in [-0.05, 0) is 30.5 Å². The molecule has 7 nitrogen and oxygen atoms in total. The molecule has 160 valence electrons. The SMILES string of the molecule is O=C(NCc1ccc(F)c(Cl)c1)C1CCN(c2cncnc2N2CCOCC2)CC1. The van der Waals surface area contributed by atoms with E-state index >= 15 is 0 Å². The summed E-state index contributed by atoms with van der Waals surface area (Å²) in [6.45, 7) is 4.91. The Morgan fingerprint density at radius 3 is 2.70 bits per heavy atom. The lowest BCUT2D eigenvalue weighted by molar-refractivity contribution is -0.125. The Balaban J connectivity index is 1.32. The van der Waals surface area contributed by atoms with Gasteiger partial charge in [0.25, 0.3) is 0 Å². The highest BCUT2D eigenvalue weighted by Crippen LogP contribution is 2.30. The number of hydrogen-bond donors (Lipinski definition) is 1. The van der Waals surface area contributed by atoms with E-state index in [2.05, 4.69) is 25.1 Å². The Kier molecular flexibility index (Phi) is 6.64. The molecule has 0 radical (unpaired) electrons. The summed E-state index contributed by atoms with van der Waals surface area (Å²) in [7, 11) is 0. The summed E-state index contributed by atoms with van der Waals surface area (Å²) in [6.07, 6.45) is 4.95. The number of anilines is 2. The number of carbonyl (C=O) groups excluding carboxylic acids is 1. The third-order valence-electron chi connectivity index (χ3n) is 5.64. The number of piperidine rings is 1. The lowest BCUT2D eigenvalue weighted by Gasteiger charge is -2.36. The molecular weight excluding hydrogens is 409 g/mol. The molecule has 0 unspecified atom stereocenters. The van der Waals surface area contributed by atoms with Crippen LogP contribution in [0.15, 0.2) is 30.7 Å². The first-order valence-electron chi connectivity index (χ1n) is 10.2. The fourth-order valence-corrected chi connectivity index (χ4v) is 4.13. The van der Waals surface area contributed by atoms with Gasteiger partial charge in [0.2, 0.25) is 5.91 Å². The second kappa shape index (κ2) is 9.57. The Morgan fingerprint density at radius 1 is 1.20 bits per heavy atom. The molecular formula is C21H25ClFN5O2. The predicted molar refractivity (Wildman–Crippen MR) is 113 cm³/mol. The normalized spacial score (nSPS) is 17.8. The summed E-state index contributed by atoms with van der Waals surface area (Å²) in [6, 6.07) is 4.49. The molecule has 0 saturated carbocycles. The lowest BCUT2D eigenvalue weighted by Crippen LogP contribution is -2.42. The fraction of sp³-hybridized carbons (Fsp3) is 0.476. The molecule has 1 amide bonds. The molecule has 0 spiro atoms. The van der Waals surface area contributed by atoms with Gasteiger partial charge in [-0.2, -0.15) is 0 Å². The molecule has 1 N–H and O–H groups in total. The smallest absolute Gasteiger partial charge is 0.223 e. The van der Waals surface area contributed by atoms with E-state index in [0.29, 0.717) is 19.8 Å². The fourth-order valence-electron chi connectivity index (χ4n) is 3.92. The van der Waals surface area contributed by atoms with E-state index in [1.165, 1.54) is 6.07 Å². The number of carbonyl (C=O) groups is 1. The van der Waals surface area contributed by atoms with Gasteiger partial charge in [0, 0.05) is 38.6 Å². The predicted octanol–water partition coefficient (Wildman–Crippen LogP) is 2.64. The number of morpholine rings is 1. The van der Waals surface area contributed by atoms with Crippen LogP contribution in [0.3, 0.4) is 0 Å². The van der Waals surface area contributed by atoms with Crippen molar-refractivity contribution in [2.75, 3.05) is 49.2 Å². The second-order valence-electron chi connectivity index (χ2n) is 7.56. The van der Waals surface area contributed by atoms with Crippen LogP contribution in [0.25, 0.3) is 0 Å². The molecule has 2 aliphatic heterocycles. The first kappa shape index (κ1) is 20.8. The molecule has 2 saturated heterocycles. The molecule has 0 aliphatic carbocycles. The topological polar surface area (TPSA) is 70.6 Å². The number of ether oxygens (including phenoxy) is 1. The summed E-state index contributed by atoms with van der Waals surface area (Å²) >= 11 is 5.81. The monoisotopic (exact) mass is 433 g/mol. The van der Waals surface area contributed by atoms with E-state index in [1.54, 1.807) is 18.5 Å². The summed E-state index contributed by atoms with van der Waals surface area (Å²) in [5.74, 6) is 0.450. The maximum absolute atomic E-state index is 13.3. The largest absolute Gasteiger partial charge is 0.378 e. The zero-order valence-corrected chi connectivity index (χ0v) is 17.4. The number of amides is 1. The van der Waals surface area contributed by atoms with Crippen molar-refractivity contribution in [2.45, 2.75) is 19.4 Å². The molecule has 0 bridgehead atoms. The maximum Gasteiger partial charge on any atom is 0.223 e. The van der Waals surface area contributed by atoms with Crippen molar-refractivity contribution in [3.63, 3.8) is 0 Å².